The summed E-state index contributed by atoms with van der Waals surface area (Å²) in [5.41, 5.74) is 0. The summed E-state index contributed by atoms with van der Waals surface area (Å²) in [5.74, 6) is -0.642. The molecule has 80 valence electrons. The van der Waals surface area contributed by atoms with Gasteiger partial charge >= 0.3 is 0 Å². The zero-order valence-corrected chi connectivity index (χ0v) is 8.97. The van der Waals surface area contributed by atoms with Gasteiger partial charge in [0.15, 0.2) is 5.82 Å². The van der Waals surface area contributed by atoms with E-state index < -0.39 is 5.95 Å². The smallest absolute Gasteiger partial charge is 0.241 e. The molecule has 1 N–H and O–H groups in total. The normalized spacial score (nSPS) is 17.2. The third kappa shape index (κ3) is 2.09. The molecule has 1 aromatic heterocycles. The second-order valence-corrected chi connectivity index (χ2v) is 4.57. The average Bonchev–Trinajstić information content (AvgIpc) is 2.98. The maximum Gasteiger partial charge on any atom is 0.241 e. The molecule has 0 atom stereocenters. The summed E-state index contributed by atoms with van der Waals surface area (Å²) in [6.07, 6.45) is 5.95. The minimum atomic E-state index is -0.693. The lowest BCUT2D eigenvalue weighted by Gasteiger charge is -2.11. The first-order valence-corrected chi connectivity index (χ1v) is 5.73. The van der Waals surface area contributed by atoms with Crippen molar-refractivity contribution in [1.29, 1.82) is 0 Å². The molecule has 1 aliphatic rings. The highest BCUT2D eigenvalue weighted by molar-refractivity contribution is 8.01. The Balaban J connectivity index is 2.06. The Hall–Kier alpha value is -1.17. The van der Waals surface area contributed by atoms with E-state index >= 15 is 0 Å². The van der Waals surface area contributed by atoms with Crippen molar-refractivity contribution < 1.29 is 9.18 Å². The number of aromatic nitrogens is 2. The Morgan fingerprint density at radius 3 is 2.87 bits per heavy atom. The van der Waals surface area contributed by atoms with Crippen molar-refractivity contribution in [2.24, 2.45) is 0 Å². The van der Waals surface area contributed by atoms with Gasteiger partial charge in [-0.15, -0.1) is 11.8 Å². The Morgan fingerprint density at radius 2 is 2.33 bits per heavy atom. The predicted octanol–water partition coefficient (Wildman–Crippen LogP) is 1.45. The van der Waals surface area contributed by atoms with E-state index in [9.17, 15) is 9.18 Å². The molecule has 0 unspecified atom stereocenters. The molecule has 0 saturated heterocycles. The van der Waals surface area contributed by atoms with Crippen LogP contribution in [-0.4, -0.2) is 26.9 Å². The van der Waals surface area contributed by atoms with Crippen LogP contribution in [-0.2, 0) is 4.79 Å². The molecule has 0 radical (unpaired) electrons. The van der Waals surface area contributed by atoms with Crippen LogP contribution in [0.25, 0.3) is 0 Å². The number of hydrogen-bond acceptors (Lipinski definition) is 4. The molecule has 0 spiro atoms. The molecule has 0 aromatic carbocycles. The molecular formula is C9H10FN3OS. The zero-order valence-electron chi connectivity index (χ0n) is 8.16. The van der Waals surface area contributed by atoms with Gasteiger partial charge in [-0.05, 0) is 19.1 Å². The van der Waals surface area contributed by atoms with E-state index in [2.05, 4.69) is 15.3 Å². The average molecular weight is 227 g/mol. The number of rotatable bonds is 3. The maximum atomic E-state index is 12.7. The van der Waals surface area contributed by atoms with Gasteiger partial charge in [0, 0.05) is 0 Å². The standard InChI is InChI=1S/C9H10FN3OS/c1-15-9(2-3-9)8(14)13-7-5-11-4-6(10)12-7/h4-5H,2-3H2,1H3,(H,12,13,14). The van der Waals surface area contributed by atoms with Gasteiger partial charge in [-0.2, -0.15) is 9.37 Å². The van der Waals surface area contributed by atoms with Gasteiger partial charge < -0.3 is 5.32 Å². The highest BCUT2D eigenvalue weighted by Gasteiger charge is 2.49. The Kier molecular flexibility index (Phi) is 2.60. The molecule has 1 heterocycles. The van der Waals surface area contributed by atoms with Gasteiger partial charge in [0.1, 0.15) is 0 Å². The van der Waals surface area contributed by atoms with Crippen molar-refractivity contribution in [3.8, 4) is 0 Å². The lowest BCUT2D eigenvalue weighted by molar-refractivity contribution is -0.116. The highest BCUT2D eigenvalue weighted by atomic mass is 32.2. The number of hydrogen-bond donors (Lipinski definition) is 1. The van der Waals surface area contributed by atoms with Crippen LogP contribution in [0.15, 0.2) is 12.4 Å². The van der Waals surface area contributed by atoms with Gasteiger partial charge in [-0.1, -0.05) is 0 Å². The summed E-state index contributed by atoms with van der Waals surface area (Å²) in [6.45, 7) is 0. The highest BCUT2D eigenvalue weighted by Crippen LogP contribution is 2.47. The van der Waals surface area contributed by atoms with E-state index in [0.29, 0.717) is 0 Å². The van der Waals surface area contributed by atoms with Gasteiger partial charge in [-0.3, -0.25) is 9.78 Å². The largest absolute Gasteiger partial charge is 0.308 e. The third-order valence-corrected chi connectivity index (χ3v) is 3.73. The van der Waals surface area contributed by atoms with Crippen molar-refractivity contribution >= 4 is 23.5 Å². The Bertz CT molecular complexity index is 395. The van der Waals surface area contributed by atoms with E-state index in [1.807, 2.05) is 6.26 Å². The number of amides is 1. The topological polar surface area (TPSA) is 54.9 Å². The molecule has 6 heteroatoms. The lowest BCUT2D eigenvalue weighted by Crippen LogP contribution is -2.27. The van der Waals surface area contributed by atoms with Crippen molar-refractivity contribution in [3.05, 3.63) is 18.3 Å². The Morgan fingerprint density at radius 1 is 1.60 bits per heavy atom. The fraction of sp³-hybridized carbons (Fsp3) is 0.444. The number of carbonyl (C=O) groups excluding carboxylic acids is 1. The molecular weight excluding hydrogens is 217 g/mol. The van der Waals surface area contributed by atoms with E-state index in [1.165, 1.54) is 18.0 Å². The predicted molar refractivity (Wildman–Crippen MR) is 56.1 cm³/mol. The minimum Gasteiger partial charge on any atom is -0.308 e. The molecule has 2 rings (SSSR count). The summed E-state index contributed by atoms with van der Waals surface area (Å²) in [5, 5.41) is 2.56. The first-order valence-electron chi connectivity index (χ1n) is 4.50. The zero-order chi connectivity index (χ0) is 10.9. The van der Waals surface area contributed by atoms with Crippen LogP contribution in [0.2, 0.25) is 0 Å². The molecule has 4 nitrogen and oxygen atoms in total. The third-order valence-electron chi connectivity index (χ3n) is 2.36. The molecule has 15 heavy (non-hydrogen) atoms. The van der Waals surface area contributed by atoms with Crippen molar-refractivity contribution in [3.63, 3.8) is 0 Å². The molecule has 1 aliphatic carbocycles. The number of nitrogens with zero attached hydrogens (tertiary/aromatic N) is 2. The summed E-state index contributed by atoms with van der Waals surface area (Å²) in [7, 11) is 0. The van der Waals surface area contributed by atoms with Crippen LogP contribution in [0.3, 0.4) is 0 Å². The maximum absolute atomic E-state index is 12.7. The summed E-state index contributed by atoms with van der Waals surface area (Å²) < 4.78 is 12.4. The number of halogens is 1. The van der Waals surface area contributed by atoms with Crippen LogP contribution in [0.1, 0.15) is 12.8 Å². The fourth-order valence-corrected chi connectivity index (χ4v) is 2.02. The van der Waals surface area contributed by atoms with Crippen LogP contribution >= 0.6 is 11.8 Å². The Labute approximate surface area is 90.7 Å². The van der Waals surface area contributed by atoms with Crippen LogP contribution < -0.4 is 5.32 Å². The van der Waals surface area contributed by atoms with E-state index in [-0.39, 0.29) is 16.5 Å². The van der Waals surface area contributed by atoms with Crippen molar-refractivity contribution in [2.75, 3.05) is 11.6 Å². The summed E-state index contributed by atoms with van der Waals surface area (Å²) in [6, 6.07) is 0. The number of anilines is 1. The number of nitrogens with one attached hydrogen (secondary N) is 1. The lowest BCUT2D eigenvalue weighted by atomic mass is 10.4. The molecule has 1 saturated carbocycles. The SMILES string of the molecule is CSC1(C(=O)Nc2cncc(F)n2)CC1. The molecule has 1 aromatic rings. The van der Waals surface area contributed by atoms with Crippen molar-refractivity contribution in [2.45, 2.75) is 17.6 Å². The van der Waals surface area contributed by atoms with Crippen LogP contribution in [0.4, 0.5) is 10.2 Å². The van der Waals surface area contributed by atoms with Crippen LogP contribution in [0.5, 0.6) is 0 Å². The van der Waals surface area contributed by atoms with Crippen LogP contribution in [0, 0.1) is 5.95 Å². The fourth-order valence-electron chi connectivity index (χ4n) is 1.27. The van der Waals surface area contributed by atoms with E-state index in [1.54, 1.807) is 0 Å². The summed E-state index contributed by atoms with van der Waals surface area (Å²) >= 11 is 1.52. The second-order valence-electron chi connectivity index (χ2n) is 3.38. The van der Waals surface area contributed by atoms with Gasteiger partial charge in [0.05, 0.1) is 17.1 Å². The van der Waals surface area contributed by atoms with E-state index in [4.69, 9.17) is 0 Å². The monoisotopic (exact) mass is 227 g/mol. The molecule has 0 bridgehead atoms. The van der Waals surface area contributed by atoms with E-state index in [0.717, 1.165) is 19.0 Å². The number of carbonyl (C=O) groups is 1. The molecule has 0 aliphatic heterocycles. The first kappa shape index (κ1) is 10.4. The second kappa shape index (κ2) is 3.77. The van der Waals surface area contributed by atoms with Gasteiger partial charge in [-0.25, -0.2) is 0 Å². The molecule has 1 fully saturated rings. The number of thioether (sulfide) groups is 1. The van der Waals surface area contributed by atoms with Gasteiger partial charge in [0.2, 0.25) is 11.9 Å². The van der Waals surface area contributed by atoms with Crippen molar-refractivity contribution in [1.82, 2.24) is 9.97 Å². The quantitative estimate of drug-likeness (QED) is 0.849. The molecule has 1 amide bonds. The van der Waals surface area contributed by atoms with Gasteiger partial charge in [0.25, 0.3) is 0 Å². The minimum absolute atomic E-state index is 0.116. The summed E-state index contributed by atoms with van der Waals surface area (Å²) in [4.78, 5) is 18.8. The first-order chi connectivity index (χ1) is 7.16.